The molecule has 88 valence electrons. The summed E-state index contributed by atoms with van der Waals surface area (Å²) in [5.41, 5.74) is 8.36. The molecule has 1 aromatic carbocycles. The standard InChI is InChI=1S/C13H16N4/c1-3-9(2)8-17-12-6-10(7-14)4-5-11(12)16-13(17)15/h4-6,9H,3,8H2,1-2H3,(H2,15,16). The zero-order chi connectivity index (χ0) is 12.4. The second kappa shape index (κ2) is 4.46. The van der Waals surface area contributed by atoms with Gasteiger partial charge in [-0.3, -0.25) is 0 Å². The quantitative estimate of drug-likeness (QED) is 0.877. The maximum atomic E-state index is 8.91. The van der Waals surface area contributed by atoms with Crippen molar-refractivity contribution in [2.24, 2.45) is 5.92 Å². The molecule has 1 atom stereocenters. The number of nitriles is 1. The highest BCUT2D eigenvalue weighted by atomic mass is 15.1. The van der Waals surface area contributed by atoms with Gasteiger partial charge in [0.25, 0.3) is 0 Å². The molecular formula is C13H16N4. The third-order valence-electron chi connectivity index (χ3n) is 3.10. The second-order valence-corrected chi connectivity index (χ2v) is 4.41. The van der Waals surface area contributed by atoms with Gasteiger partial charge in [-0.25, -0.2) is 4.98 Å². The molecule has 1 heterocycles. The molecule has 0 saturated carbocycles. The Morgan fingerprint density at radius 3 is 2.94 bits per heavy atom. The summed E-state index contributed by atoms with van der Waals surface area (Å²) >= 11 is 0. The third-order valence-corrected chi connectivity index (χ3v) is 3.10. The molecule has 0 spiro atoms. The maximum Gasteiger partial charge on any atom is 0.201 e. The molecule has 0 bridgehead atoms. The lowest BCUT2D eigenvalue weighted by Gasteiger charge is -2.11. The van der Waals surface area contributed by atoms with Crippen molar-refractivity contribution in [3.05, 3.63) is 23.8 Å². The smallest absolute Gasteiger partial charge is 0.201 e. The summed E-state index contributed by atoms with van der Waals surface area (Å²) < 4.78 is 1.99. The van der Waals surface area contributed by atoms with Crippen molar-refractivity contribution in [1.82, 2.24) is 9.55 Å². The molecule has 2 rings (SSSR count). The Labute approximate surface area is 101 Å². The van der Waals surface area contributed by atoms with E-state index in [-0.39, 0.29) is 0 Å². The van der Waals surface area contributed by atoms with Gasteiger partial charge in [-0.2, -0.15) is 5.26 Å². The molecule has 0 amide bonds. The van der Waals surface area contributed by atoms with Crippen LogP contribution in [0.1, 0.15) is 25.8 Å². The number of hydrogen-bond acceptors (Lipinski definition) is 3. The fourth-order valence-corrected chi connectivity index (χ4v) is 1.84. The van der Waals surface area contributed by atoms with Crippen LogP contribution in [0, 0.1) is 17.2 Å². The van der Waals surface area contributed by atoms with Gasteiger partial charge in [-0.15, -0.1) is 0 Å². The number of fused-ring (bicyclic) bond motifs is 1. The van der Waals surface area contributed by atoms with Crippen LogP contribution in [0.2, 0.25) is 0 Å². The number of hydrogen-bond donors (Lipinski definition) is 1. The first-order valence-electron chi connectivity index (χ1n) is 5.81. The second-order valence-electron chi connectivity index (χ2n) is 4.41. The van der Waals surface area contributed by atoms with E-state index in [1.807, 2.05) is 16.7 Å². The topological polar surface area (TPSA) is 67.6 Å². The number of nitrogens with zero attached hydrogens (tertiary/aromatic N) is 3. The van der Waals surface area contributed by atoms with Gasteiger partial charge in [-0.05, 0) is 24.1 Å². The molecule has 17 heavy (non-hydrogen) atoms. The first-order chi connectivity index (χ1) is 8.15. The van der Waals surface area contributed by atoms with Crippen molar-refractivity contribution in [3.8, 4) is 6.07 Å². The first kappa shape index (κ1) is 11.5. The van der Waals surface area contributed by atoms with Crippen molar-refractivity contribution in [2.75, 3.05) is 5.73 Å². The Bertz CT molecular complexity index is 577. The number of rotatable bonds is 3. The van der Waals surface area contributed by atoms with Crippen LogP contribution in [-0.2, 0) is 6.54 Å². The van der Waals surface area contributed by atoms with Crippen LogP contribution in [0.3, 0.4) is 0 Å². The minimum atomic E-state index is 0.524. The van der Waals surface area contributed by atoms with E-state index in [1.54, 1.807) is 6.07 Å². The largest absolute Gasteiger partial charge is 0.369 e. The SMILES string of the molecule is CCC(C)Cn1c(N)nc2ccc(C#N)cc21. The van der Waals surface area contributed by atoms with E-state index >= 15 is 0 Å². The number of benzene rings is 1. The summed E-state index contributed by atoms with van der Waals surface area (Å²) in [6, 6.07) is 7.60. The van der Waals surface area contributed by atoms with E-state index in [9.17, 15) is 0 Å². The highest BCUT2D eigenvalue weighted by Crippen LogP contribution is 2.21. The number of nitrogen functional groups attached to an aromatic ring is 1. The summed E-state index contributed by atoms with van der Waals surface area (Å²) in [6.45, 7) is 5.17. The molecule has 0 saturated heterocycles. The van der Waals surface area contributed by atoms with Crippen LogP contribution in [0.25, 0.3) is 11.0 Å². The number of imidazole rings is 1. The van der Waals surface area contributed by atoms with Gasteiger partial charge in [0.15, 0.2) is 0 Å². The molecule has 4 heteroatoms. The Kier molecular flexibility index (Phi) is 3.01. The number of anilines is 1. The molecule has 2 aromatic rings. The van der Waals surface area contributed by atoms with Crippen LogP contribution >= 0.6 is 0 Å². The molecule has 0 aliphatic carbocycles. The van der Waals surface area contributed by atoms with Gasteiger partial charge in [0.1, 0.15) is 0 Å². The number of nitrogens with two attached hydrogens (primary N) is 1. The molecule has 2 N–H and O–H groups in total. The van der Waals surface area contributed by atoms with Gasteiger partial charge in [0.05, 0.1) is 22.7 Å². The van der Waals surface area contributed by atoms with Gasteiger partial charge in [0.2, 0.25) is 5.95 Å². The van der Waals surface area contributed by atoms with Crippen molar-refractivity contribution in [1.29, 1.82) is 5.26 Å². The molecule has 0 fully saturated rings. The van der Waals surface area contributed by atoms with E-state index in [0.717, 1.165) is 24.0 Å². The molecule has 4 nitrogen and oxygen atoms in total. The fourth-order valence-electron chi connectivity index (χ4n) is 1.84. The Balaban J connectivity index is 2.53. The van der Waals surface area contributed by atoms with E-state index in [1.165, 1.54) is 0 Å². The molecular weight excluding hydrogens is 212 g/mol. The number of aromatic nitrogens is 2. The molecule has 0 radical (unpaired) electrons. The van der Waals surface area contributed by atoms with Gasteiger partial charge in [0, 0.05) is 6.54 Å². The predicted molar refractivity (Wildman–Crippen MR) is 68.3 cm³/mol. The van der Waals surface area contributed by atoms with Crippen LogP contribution < -0.4 is 5.73 Å². The van der Waals surface area contributed by atoms with E-state index in [4.69, 9.17) is 11.0 Å². The minimum absolute atomic E-state index is 0.524. The van der Waals surface area contributed by atoms with Crippen molar-refractivity contribution >= 4 is 17.0 Å². The lowest BCUT2D eigenvalue weighted by molar-refractivity contribution is 0.479. The fraction of sp³-hybridized carbons (Fsp3) is 0.385. The van der Waals surface area contributed by atoms with Crippen LogP contribution in [-0.4, -0.2) is 9.55 Å². The van der Waals surface area contributed by atoms with E-state index in [0.29, 0.717) is 17.4 Å². The lowest BCUT2D eigenvalue weighted by Crippen LogP contribution is -2.09. The van der Waals surface area contributed by atoms with Crippen LogP contribution in [0.4, 0.5) is 5.95 Å². The van der Waals surface area contributed by atoms with Crippen LogP contribution in [0.5, 0.6) is 0 Å². The summed E-state index contributed by atoms with van der Waals surface area (Å²) in [5.74, 6) is 1.07. The first-order valence-corrected chi connectivity index (χ1v) is 5.81. The average Bonchev–Trinajstić information content (AvgIpc) is 2.65. The van der Waals surface area contributed by atoms with Gasteiger partial charge >= 0.3 is 0 Å². The molecule has 0 aliphatic heterocycles. The average molecular weight is 228 g/mol. The summed E-state index contributed by atoms with van der Waals surface area (Å²) in [5, 5.41) is 8.91. The highest BCUT2D eigenvalue weighted by molar-refractivity contribution is 5.79. The predicted octanol–water partition coefficient (Wildman–Crippen LogP) is 2.54. The van der Waals surface area contributed by atoms with Crippen molar-refractivity contribution in [3.63, 3.8) is 0 Å². The Hall–Kier alpha value is -2.02. The monoisotopic (exact) mass is 228 g/mol. The lowest BCUT2D eigenvalue weighted by atomic mass is 10.1. The third kappa shape index (κ3) is 2.09. The van der Waals surface area contributed by atoms with E-state index < -0.39 is 0 Å². The highest BCUT2D eigenvalue weighted by Gasteiger charge is 2.10. The zero-order valence-electron chi connectivity index (χ0n) is 10.1. The zero-order valence-corrected chi connectivity index (χ0v) is 10.1. The Morgan fingerprint density at radius 2 is 2.29 bits per heavy atom. The van der Waals surface area contributed by atoms with Crippen molar-refractivity contribution < 1.29 is 0 Å². The summed E-state index contributed by atoms with van der Waals surface area (Å²) in [4.78, 5) is 4.31. The maximum absolute atomic E-state index is 8.91. The van der Waals surface area contributed by atoms with Gasteiger partial charge < -0.3 is 10.3 Å². The minimum Gasteiger partial charge on any atom is -0.369 e. The molecule has 0 aliphatic rings. The molecule has 1 unspecified atom stereocenters. The van der Waals surface area contributed by atoms with E-state index in [2.05, 4.69) is 24.9 Å². The normalized spacial score (nSPS) is 12.5. The summed E-state index contributed by atoms with van der Waals surface area (Å²) in [7, 11) is 0. The van der Waals surface area contributed by atoms with Crippen LogP contribution in [0.15, 0.2) is 18.2 Å². The summed E-state index contributed by atoms with van der Waals surface area (Å²) in [6.07, 6.45) is 1.09. The van der Waals surface area contributed by atoms with Gasteiger partial charge in [-0.1, -0.05) is 20.3 Å². The Morgan fingerprint density at radius 1 is 1.53 bits per heavy atom. The molecule has 1 aromatic heterocycles. The van der Waals surface area contributed by atoms with Crippen molar-refractivity contribution in [2.45, 2.75) is 26.8 Å².